The molecule has 0 heterocycles. The second-order valence-electron chi connectivity index (χ2n) is 4.40. The van der Waals surface area contributed by atoms with E-state index in [1.807, 2.05) is 20.8 Å². The van der Waals surface area contributed by atoms with Gasteiger partial charge in [0.2, 0.25) is 0 Å². The van der Waals surface area contributed by atoms with Crippen molar-refractivity contribution in [1.82, 2.24) is 0 Å². The molecule has 0 aliphatic rings. The van der Waals surface area contributed by atoms with Gasteiger partial charge in [-0.25, -0.2) is 0 Å². The number of rotatable bonds is 4. The molecule has 0 saturated heterocycles. The molecule has 1 atom stereocenters. The number of carboxylic acid groups (broad SMARTS) is 2. The molecule has 76 valence electrons. The van der Waals surface area contributed by atoms with E-state index >= 15 is 0 Å². The molecule has 2 N–H and O–H groups in total. The fourth-order valence-corrected chi connectivity index (χ4v) is 3.24. The Balaban J connectivity index is 4.27. The van der Waals surface area contributed by atoms with Crippen molar-refractivity contribution in [3.8, 4) is 0 Å². The zero-order valence-corrected chi connectivity index (χ0v) is 9.62. The Morgan fingerprint density at radius 2 is 1.77 bits per heavy atom. The van der Waals surface area contributed by atoms with Crippen molar-refractivity contribution in [3.63, 3.8) is 0 Å². The average Bonchev–Trinajstić information content (AvgIpc) is 1.81. The molecule has 0 aromatic carbocycles. The van der Waals surface area contributed by atoms with Gasteiger partial charge in [0.25, 0.3) is 0 Å². The predicted octanol–water partition coefficient (Wildman–Crippen LogP) is 0.721. The van der Waals surface area contributed by atoms with Crippen LogP contribution in [0.1, 0.15) is 27.2 Å². The SMILES string of the molecule is CC(C)(C)[SiH2]C(CC(=O)O)C(=O)O. The Bertz CT molecular complexity index is 207. The van der Waals surface area contributed by atoms with Crippen LogP contribution in [0, 0.1) is 0 Å². The highest BCUT2D eigenvalue weighted by Gasteiger charge is 2.27. The van der Waals surface area contributed by atoms with Gasteiger partial charge in [-0.05, 0) is 5.04 Å². The van der Waals surface area contributed by atoms with Crippen LogP contribution in [0.15, 0.2) is 0 Å². The van der Waals surface area contributed by atoms with Crippen molar-refractivity contribution < 1.29 is 19.8 Å². The second-order valence-corrected chi connectivity index (χ2v) is 7.91. The molecule has 0 aromatic heterocycles. The van der Waals surface area contributed by atoms with E-state index in [1.54, 1.807) is 0 Å². The normalized spacial score (nSPS) is 14.7. The summed E-state index contributed by atoms with van der Waals surface area (Å²) in [5.74, 6) is -1.99. The molecule has 0 amide bonds. The molecule has 4 nitrogen and oxygen atoms in total. The monoisotopic (exact) mass is 204 g/mol. The fourth-order valence-electron chi connectivity index (χ4n) is 1.20. The first-order valence-electron chi connectivity index (χ1n) is 4.17. The number of hydrogen-bond donors (Lipinski definition) is 2. The molecule has 0 radical (unpaired) electrons. The maximum absolute atomic E-state index is 10.7. The van der Waals surface area contributed by atoms with Crippen molar-refractivity contribution in [2.75, 3.05) is 0 Å². The number of carbonyl (C=O) groups is 2. The molecule has 13 heavy (non-hydrogen) atoms. The van der Waals surface area contributed by atoms with Gasteiger partial charge in [0.15, 0.2) is 0 Å². The number of aliphatic carboxylic acids is 2. The first-order valence-corrected chi connectivity index (χ1v) is 5.69. The van der Waals surface area contributed by atoms with Crippen LogP contribution in [0.3, 0.4) is 0 Å². The van der Waals surface area contributed by atoms with E-state index in [4.69, 9.17) is 10.2 Å². The van der Waals surface area contributed by atoms with Gasteiger partial charge in [-0.15, -0.1) is 0 Å². The van der Waals surface area contributed by atoms with Crippen LogP contribution in [-0.4, -0.2) is 31.7 Å². The van der Waals surface area contributed by atoms with E-state index in [-0.39, 0.29) is 11.5 Å². The Morgan fingerprint density at radius 3 is 2.00 bits per heavy atom. The van der Waals surface area contributed by atoms with Gasteiger partial charge in [0.05, 0.1) is 12.0 Å². The third-order valence-corrected chi connectivity index (χ3v) is 3.98. The lowest BCUT2D eigenvalue weighted by Gasteiger charge is -2.21. The molecule has 0 bridgehead atoms. The average molecular weight is 204 g/mol. The molecule has 0 saturated carbocycles. The van der Waals surface area contributed by atoms with Gasteiger partial charge in [0.1, 0.15) is 0 Å². The minimum atomic E-state index is -1.02. The maximum Gasteiger partial charge on any atom is 0.303 e. The van der Waals surface area contributed by atoms with Gasteiger partial charge in [0, 0.05) is 9.52 Å². The highest BCUT2D eigenvalue weighted by molar-refractivity contribution is 6.47. The quantitative estimate of drug-likeness (QED) is 0.662. The lowest BCUT2D eigenvalue weighted by atomic mass is 10.2. The largest absolute Gasteiger partial charge is 0.481 e. The smallest absolute Gasteiger partial charge is 0.303 e. The van der Waals surface area contributed by atoms with Crippen LogP contribution >= 0.6 is 0 Å². The second kappa shape index (κ2) is 4.41. The molecule has 1 unspecified atom stereocenters. The summed E-state index contributed by atoms with van der Waals surface area (Å²) < 4.78 is 0. The first-order chi connectivity index (χ1) is 5.72. The predicted molar refractivity (Wildman–Crippen MR) is 51.9 cm³/mol. The molecule has 0 spiro atoms. The number of carboxylic acids is 2. The molecule has 5 heteroatoms. The minimum absolute atomic E-state index is 0.0154. The van der Waals surface area contributed by atoms with E-state index in [0.717, 1.165) is 0 Å². The third-order valence-electron chi connectivity index (χ3n) is 1.63. The topological polar surface area (TPSA) is 74.6 Å². The summed E-state index contributed by atoms with van der Waals surface area (Å²) in [5.41, 5.74) is -0.641. The molecule has 0 aliphatic heterocycles. The molecule has 0 aromatic rings. The van der Waals surface area contributed by atoms with Gasteiger partial charge in [-0.3, -0.25) is 9.59 Å². The van der Waals surface area contributed by atoms with Gasteiger partial charge < -0.3 is 10.2 Å². The molecular formula is C8H16O4Si. The van der Waals surface area contributed by atoms with Gasteiger partial charge >= 0.3 is 11.9 Å². The maximum atomic E-state index is 10.7. The van der Waals surface area contributed by atoms with Crippen LogP contribution in [0.5, 0.6) is 0 Å². The summed E-state index contributed by atoms with van der Waals surface area (Å²) >= 11 is 0. The van der Waals surface area contributed by atoms with Crippen molar-refractivity contribution in [3.05, 3.63) is 0 Å². The minimum Gasteiger partial charge on any atom is -0.481 e. The fraction of sp³-hybridized carbons (Fsp3) is 0.750. The zero-order valence-electron chi connectivity index (χ0n) is 8.20. The van der Waals surface area contributed by atoms with E-state index in [0.29, 0.717) is 0 Å². The Kier molecular flexibility index (Phi) is 4.12. The van der Waals surface area contributed by atoms with Crippen molar-refractivity contribution in [1.29, 1.82) is 0 Å². The van der Waals surface area contributed by atoms with E-state index in [1.165, 1.54) is 0 Å². The van der Waals surface area contributed by atoms with Crippen molar-refractivity contribution in [2.24, 2.45) is 0 Å². The van der Waals surface area contributed by atoms with Crippen LogP contribution in [0.4, 0.5) is 0 Å². The summed E-state index contributed by atoms with van der Waals surface area (Å²) in [5, 5.41) is 17.2. The van der Waals surface area contributed by atoms with Gasteiger partial charge in [-0.1, -0.05) is 20.8 Å². The Morgan fingerprint density at radius 1 is 1.31 bits per heavy atom. The van der Waals surface area contributed by atoms with E-state index in [9.17, 15) is 9.59 Å². The Hall–Kier alpha value is -0.843. The standard InChI is InChI=1S/C8H16O4Si/c1-8(2,3)13-5(7(11)12)4-6(9)10/h5H,4,13H2,1-3H3,(H,9,10)(H,11,12). The van der Waals surface area contributed by atoms with Crippen LogP contribution in [0.2, 0.25) is 10.6 Å². The summed E-state index contributed by atoms with van der Waals surface area (Å²) in [7, 11) is -0.907. The zero-order chi connectivity index (χ0) is 10.6. The summed E-state index contributed by atoms with van der Waals surface area (Å²) in [6.45, 7) is 5.87. The van der Waals surface area contributed by atoms with Crippen LogP contribution < -0.4 is 0 Å². The molecular weight excluding hydrogens is 188 g/mol. The number of hydrogen-bond acceptors (Lipinski definition) is 2. The summed E-state index contributed by atoms with van der Waals surface area (Å²) in [6.07, 6.45) is -0.237. The third kappa shape index (κ3) is 6.33. The highest BCUT2D eigenvalue weighted by atomic mass is 28.2. The van der Waals surface area contributed by atoms with E-state index < -0.39 is 27.0 Å². The molecule has 0 fully saturated rings. The lowest BCUT2D eigenvalue weighted by Crippen LogP contribution is -2.24. The summed E-state index contributed by atoms with van der Waals surface area (Å²) in [6, 6.07) is 0. The van der Waals surface area contributed by atoms with E-state index in [2.05, 4.69) is 0 Å². The van der Waals surface area contributed by atoms with Crippen LogP contribution in [-0.2, 0) is 9.59 Å². The molecule has 0 rings (SSSR count). The van der Waals surface area contributed by atoms with Crippen molar-refractivity contribution in [2.45, 2.75) is 37.8 Å². The lowest BCUT2D eigenvalue weighted by molar-refractivity contribution is -0.143. The highest BCUT2D eigenvalue weighted by Crippen LogP contribution is 2.27. The summed E-state index contributed by atoms with van der Waals surface area (Å²) in [4.78, 5) is 21.0. The Labute approximate surface area is 79.8 Å². The first kappa shape index (κ1) is 12.2. The van der Waals surface area contributed by atoms with Gasteiger partial charge in [-0.2, -0.15) is 0 Å². The molecule has 0 aliphatic carbocycles. The van der Waals surface area contributed by atoms with Crippen LogP contribution in [0.25, 0.3) is 0 Å². The van der Waals surface area contributed by atoms with Crippen molar-refractivity contribution >= 4 is 21.5 Å².